The van der Waals surface area contributed by atoms with Gasteiger partial charge in [-0.3, -0.25) is 0 Å². The maximum absolute atomic E-state index is 5.28. The molecule has 1 aromatic heterocycles. The Morgan fingerprint density at radius 3 is 2.57 bits per heavy atom. The molecule has 1 atom stereocenters. The minimum Gasteiger partial charge on any atom is -0.383 e. The largest absolute Gasteiger partial charge is 0.383 e. The average Bonchev–Trinajstić information content (AvgIpc) is 3.31. The Bertz CT molecular complexity index is 460. The molecule has 0 spiro atoms. The van der Waals surface area contributed by atoms with Gasteiger partial charge in [0.25, 0.3) is 0 Å². The third kappa shape index (κ3) is 4.06. The standard InChI is InChI=1S/C16H28N4O/c1-11(2)16-18-14(17-4)10-15(19-16)20(8-9-21-5)12(3)13-6-7-13/h10-13H,6-9H2,1-5H3,(H,17,18,19). The van der Waals surface area contributed by atoms with Crippen LogP contribution in [0.25, 0.3) is 0 Å². The quantitative estimate of drug-likeness (QED) is 0.798. The van der Waals surface area contributed by atoms with Gasteiger partial charge < -0.3 is 15.0 Å². The first-order chi connectivity index (χ1) is 10.1. The number of nitrogens with one attached hydrogen (secondary N) is 1. The fourth-order valence-electron chi connectivity index (χ4n) is 2.54. The van der Waals surface area contributed by atoms with E-state index in [-0.39, 0.29) is 0 Å². The van der Waals surface area contributed by atoms with Gasteiger partial charge in [-0.05, 0) is 25.7 Å². The second-order valence-corrected chi connectivity index (χ2v) is 6.14. The van der Waals surface area contributed by atoms with Gasteiger partial charge >= 0.3 is 0 Å². The summed E-state index contributed by atoms with van der Waals surface area (Å²) in [5.41, 5.74) is 0. The zero-order valence-corrected chi connectivity index (χ0v) is 13.9. The first-order valence-corrected chi connectivity index (χ1v) is 7.89. The Morgan fingerprint density at radius 2 is 2.05 bits per heavy atom. The Morgan fingerprint density at radius 1 is 1.33 bits per heavy atom. The first kappa shape index (κ1) is 16.0. The molecule has 1 heterocycles. The second-order valence-electron chi connectivity index (χ2n) is 6.14. The van der Waals surface area contributed by atoms with Gasteiger partial charge in [-0.15, -0.1) is 0 Å². The molecular formula is C16H28N4O. The Balaban J connectivity index is 2.30. The van der Waals surface area contributed by atoms with Crippen molar-refractivity contribution >= 4 is 11.6 Å². The first-order valence-electron chi connectivity index (χ1n) is 7.89. The number of hydrogen-bond acceptors (Lipinski definition) is 5. The molecule has 1 N–H and O–H groups in total. The molecule has 1 aliphatic rings. The van der Waals surface area contributed by atoms with Crippen LogP contribution in [0.15, 0.2) is 6.07 Å². The molecule has 0 amide bonds. The highest BCUT2D eigenvalue weighted by Gasteiger charge is 2.32. The molecule has 0 aliphatic heterocycles. The lowest BCUT2D eigenvalue weighted by atomic mass is 10.1. The molecule has 5 nitrogen and oxygen atoms in total. The van der Waals surface area contributed by atoms with E-state index >= 15 is 0 Å². The molecule has 21 heavy (non-hydrogen) atoms. The molecule has 2 rings (SSSR count). The summed E-state index contributed by atoms with van der Waals surface area (Å²) in [4.78, 5) is 11.7. The van der Waals surface area contributed by atoms with E-state index in [2.05, 4.69) is 36.0 Å². The van der Waals surface area contributed by atoms with Crippen LogP contribution in [0.1, 0.15) is 45.4 Å². The topological polar surface area (TPSA) is 50.3 Å². The number of aromatic nitrogens is 2. The third-order valence-electron chi connectivity index (χ3n) is 4.13. The number of rotatable bonds is 8. The van der Waals surface area contributed by atoms with Gasteiger partial charge in [0.05, 0.1) is 6.61 Å². The zero-order valence-electron chi connectivity index (χ0n) is 13.9. The number of methoxy groups -OCH3 is 1. The summed E-state index contributed by atoms with van der Waals surface area (Å²) in [5.74, 6) is 3.89. The molecule has 1 unspecified atom stereocenters. The van der Waals surface area contributed by atoms with E-state index in [1.54, 1.807) is 7.11 Å². The molecular weight excluding hydrogens is 264 g/mol. The van der Waals surface area contributed by atoms with Crippen molar-refractivity contribution in [3.8, 4) is 0 Å². The van der Waals surface area contributed by atoms with Gasteiger partial charge in [-0.1, -0.05) is 13.8 Å². The summed E-state index contributed by atoms with van der Waals surface area (Å²) < 4.78 is 5.28. The van der Waals surface area contributed by atoms with Gasteiger partial charge in [0.15, 0.2) is 0 Å². The number of ether oxygens (including phenoxy) is 1. The monoisotopic (exact) mass is 292 g/mol. The van der Waals surface area contributed by atoms with Gasteiger partial charge in [0, 0.05) is 38.7 Å². The summed E-state index contributed by atoms with van der Waals surface area (Å²) in [6, 6.07) is 2.54. The third-order valence-corrected chi connectivity index (χ3v) is 4.13. The SMILES string of the molecule is CNc1cc(N(CCOC)C(C)C2CC2)nc(C(C)C)n1. The van der Waals surface area contributed by atoms with Crippen molar-refractivity contribution < 1.29 is 4.74 Å². The predicted octanol–water partition coefficient (Wildman–Crippen LogP) is 2.89. The van der Waals surface area contributed by atoms with Crippen LogP contribution in [0.4, 0.5) is 11.6 Å². The minimum absolute atomic E-state index is 0.317. The van der Waals surface area contributed by atoms with Crippen LogP contribution in [-0.2, 0) is 4.74 Å². The summed E-state index contributed by atoms with van der Waals surface area (Å²) in [6.45, 7) is 8.13. The predicted molar refractivity (Wildman–Crippen MR) is 87.1 cm³/mol. The van der Waals surface area contributed by atoms with E-state index in [0.29, 0.717) is 18.6 Å². The lowest BCUT2D eigenvalue weighted by Gasteiger charge is -2.31. The number of hydrogen-bond donors (Lipinski definition) is 1. The molecule has 0 aromatic carbocycles. The van der Waals surface area contributed by atoms with E-state index < -0.39 is 0 Å². The molecule has 1 fully saturated rings. The highest BCUT2D eigenvalue weighted by Crippen LogP contribution is 2.36. The lowest BCUT2D eigenvalue weighted by Crippen LogP contribution is -2.38. The van der Waals surface area contributed by atoms with E-state index in [4.69, 9.17) is 9.72 Å². The van der Waals surface area contributed by atoms with Gasteiger partial charge in [0.1, 0.15) is 17.5 Å². The van der Waals surface area contributed by atoms with E-state index in [0.717, 1.165) is 29.9 Å². The van der Waals surface area contributed by atoms with Gasteiger partial charge in [-0.25, -0.2) is 9.97 Å². The molecule has 1 aliphatic carbocycles. The van der Waals surface area contributed by atoms with Crippen LogP contribution in [0.2, 0.25) is 0 Å². The van der Waals surface area contributed by atoms with Gasteiger partial charge in [0.2, 0.25) is 0 Å². The van der Waals surface area contributed by atoms with Crippen LogP contribution in [0.5, 0.6) is 0 Å². The Labute approximate surface area is 128 Å². The molecule has 1 saturated carbocycles. The Hall–Kier alpha value is -1.36. The van der Waals surface area contributed by atoms with Crippen molar-refractivity contribution in [3.05, 3.63) is 11.9 Å². The van der Waals surface area contributed by atoms with Crippen molar-refractivity contribution in [2.45, 2.75) is 45.6 Å². The normalized spacial score (nSPS) is 16.1. The second kappa shape index (κ2) is 7.07. The highest BCUT2D eigenvalue weighted by molar-refractivity contribution is 5.50. The maximum Gasteiger partial charge on any atom is 0.135 e. The fraction of sp³-hybridized carbons (Fsp3) is 0.750. The molecule has 0 saturated heterocycles. The van der Waals surface area contributed by atoms with Gasteiger partial charge in [-0.2, -0.15) is 0 Å². The summed E-state index contributed by atoms with van der Waals surface area (Å²) in [7, 11) is 3.65. The summed E-state index contributed by atoms with van der Waals surface area (Å²) in [5, 5.41) is 3.15. The molecule has 1 aromatic rings. The van der Waals surface area contributed by atoms with E-state index in [1.807, 2.05) is 13.1 Å². The summed E-state index contributed by atoms with van der Waals surface area (Å²) >= 11 is 0. The minimum atomic E-state index is 0.317. The Kier molecular flexibility index (Phi) is 5.39. The van der Waals surface area contributed by atoms with Crippen LogP contribution >= 0.6 is 0 Å². The van der Waals surface area contributed by atoms with E-state index in [9.17, 15) is 0 Å². The molecule has 0 radical (unpaired) electrons. The van der Waals surface area contributed by atoms with Crippen LogP contribution < -0.4 is 10.2 Å². The zero-order chi connectivity index (χ0) is 15.4. The van der Waals surface area contributed by atoms with Crippen molar-refractivity contribution in [1.29, 1.82) is 0 Å². The number of anilines is 2. The van der Waals surface area contributed by atoms with Crippen molar-refractivity contribution in [2.75, 3.05) is 37.5 Å². The summed E-state index contributed by atoms with van der Waals surface area (Å²) in [6.07, 6.45) is 2.65. The van der Waals surface area contributed by atoms with Crippen LogP contribution in [0, 0.1) is 5.92 Å². The lowest BCUT2D eigenvalue weighted by molar-refractivity contribution is 0.202. The van der Waals surface area contributed by atoms with Crippen LogP contribution in [0.3, 0.4) is 0 Å². The van der Waals surface area contributed by atoms with Crippen molar-refractivity contribution in [1.82, 2.24) is 9.97 Å². The molecule has 0 bridgehead atoms. The highest BCUT2D eigenvalue weighted by atomic mass is 16.5. The molecule has 118 valence electrons. The fourth-order valence-corrected chi connectivity index (χ4v) is 2.54. The smallest absolute Gasteiger partial charge is 0.135 e. The van der Waals surface area contributed by atoms with Crippen molar-refractivity contribution in [2.24, 2.45) is 5.92 Å². The van der Waals surface area contributed by atoms with E-state index in [1.165, 1.54) is 12.8 Å². The number of nitrogens with zero attached hydrogens (tertiary/aromatic N) is 3. The average molecular weight is 292 g/mol. The maximum atomic E-state index is 5.28. The molecule has 5 heteroatoms. The van der Waals surface area contributed by atoms with Crippen LogP contribution in [-0.4, -0.2) is 43.3 Å². The van der Waals surface area contributed by atoms with Crippen molar-refractivity contribution in [3.63, 3.8) is 0 Å².